The van der Waals surface area contributed by atoms with Gasteiger partial charge in [0.2, 0.25) is 11.8 Å². The molecule has 0 aliphatic carbocycles. The Morgan fingerprint density at radius 3 is 2.30 bits per heavy atom. The highest BCUT2D eigenvalue weighted by atomic mass is 16.5. The van der Waals surface area contributed by atoms with Gasteiger partial charge in [-0.15, -0.1) is 0 Å². The van der Waals surface area contributed by atoms with E-state index in [0.29, 0.717) is 0 Å². The van der Waals surface area contributed by atoms with E-state index in [9.17, 15) is 9.59 Å². The van der Waals surface area contributed by atoms with E-state index in [0.717, 1.165) is 49.6 Å². The lowest BCUT2D eigenvalue weighted by atomic mass is 10.1. The molecule has 3 rings (SSSR count). The summed E-state index contributed by atoms with van der Waals surface area (Å²) in [6.45, 7) is 6.41. The maximum atomic E-state index is 12.9. The van der Waals surface area contributed by atoms with Gasteiger partial charge in [0.15, 0.2) is 0 Å². The van der Waals surface area contributed by atoms with Crippen LogP contribution in [0.25, 0.3) is 6.08 Å². The number of rotatable bonds is 9. The Hall–Kier alpha value is -3.16. The van der Waals surface area contributed by atoms with Crippen molar-refractivity contribution < 1.29 is 14.3 Å². The van der Waals surface area contributed by atoms with E-state index >= 15 is 0 Å². The summed E-state index contributed by atoms with van der Waals surface area (Å²) in [4.78, 5) is 29.9. The molecule has 1 fully saturated rings. The summed E-state index contributed by atoms with van der Waals surface area (Å²) in [5.41, 5.74) is 1.93. The molecule has 2 atom stereocenters. The molecule has 2 aromatic carbocycles. The van der Waals surface area contributed by atoms with Gasteiger partial charge in [-0.1, -0.05) is 42.5 Å². The fourth-order valence-electron chi connectivity index (χ4n) is 3.72. The maximum absolute atomic E-state index is 12.9. The van der Waals surface area contributed by atoms with Crippen LogP contribution in [0.15, 0.2) is 60.7 Å². The molecule has 0 aromatic heterocycles. The normalized spacial score (nSPS) is 16.8. The van der Waals surface area contributed by atoms with Crippen molar-refractivity contribution in [3.8, 4) is 5.75 Å². The molecule has 7 nitrogen and oxygen atoms in total. The average molecular weight is 451 g/mol. The highest BCUT2D eigenvalue weighted by molar-refractivity contribution is 5.95. The number of hydrogen-bond acceptors (Lipinski definition) is 5. The highest BCUT2D eigenvalue weighted by Gasteiger charge is 2.23. The SMILES string of the molecule is COc1ccc(/C=C/C(=O)NC(C)C(=O)NC(CN2CCN(C)CC2)c2ccccc2)cc1. The van der Waals surface area contributed by atoms with Crippen molar-refractivity contribution in [2.45, 2.75) is 19.0 Å². The van der Waals surface area contributed by atoms with E-state index in [4.69, 9.17) is 4.74 Å². The van der Waals surface area contributed by atoms with Gasteiger partial charge in [-0.25, -0.2) is 0 Å². The van der Waals surface area contributed by atoms with E-state index in [-0.39, 0.29) is 17.9 Å². The number of nitrogens with one attached hydrogen (secondary N) is 2. The molecule has 7 heteroatoms. The minimum absolute atomic E-state index is 0.142. The number of benzene rings is 2. The van der Waals surface area contributed by atoms with Gasteiger partial charge in [-0.2, -0.15) is 0 Å². The van der Waals surface area contributed by atoms with Crippen molar-refractivity contribution in [3.05, 3.63) is 71.8 Å². The van der Waals surface area contributed by atoms with Crippen LogP contribution in [0, 0.1) is 0 Å². The summed E-state index contributed by atoms with van der Waals surface area (Å²) in [7, 11) is 3.74. The highest BCUT2D eigenvalue weighted by Crippen LogP contribution is 2.16. The third-order valence-electron chi connectivity index (χ3n) is 5.85. The van der Waals surface area contributed by atoms with E-state index in [1.165, 1.54) is 6.08 Å². The molecule has 1 saturated heterocycles. The second-order valence-corrected chi connectivity index (χ2v) is 8.41. The molecule has 176 valence electrons. The van der Waals surface area contributed by atoms with E-state index in [2.05, 4.69) is 27.5 Å². The second-order valence-electron chi connectivity index (χ2n) is 8.41. The number of hydrogen-bond donors (Lipinski definition) is 2. The number of carbonyl (C=O) groups is 2. The van der Waals surface area contributed by atoms with Crippen LogP contribution in [0.3, 0.4) is 0 Å². The van der Waals surface area contributed by atoms with Gasteiger partial charge in [-0.05, 0) is 43.3 Å². The molecular formula is C26H34N4O3. The predicted molar refractivity (Wildman–Crippen MR) is 131 cm³/mol. The first-order chi connectivity index (χ1) is 15.9. The summed E-state index contributed by atoms with van der Waals surface area (Å²) >= 11 is 0. The first kappa shape index (κ1) is 24.5. The number of carbonyl (C=O) groups excluding carboxylic acids is 2. The quantitative estimate of drug-likeness (QED) is 0.574. The van der Waals surface area contributed by atoms with Gasteiger partial charge in [0.25, 0.3) is 0 Å². The lowest BCUT2D eigenvalue weighted by Crippen LogP contribution is -2.50. The number of likely N-dealkylation sites (N-methyl/N-ethyl adjacent to an activating group) is 1. The van der Waals surface area contributed by atoms with E-state index in [1.54, 1.807) is 20.1 Å². The van der Waals surface area contributed by atoms with Crippen molar-refractivity contribution in [2.75, 3.05) is 46.9 Å². The van der Waals surface area contributed by atoms with E-state index in [1.807, 2.05) is 54.6 Å². The summed E-state index contributed by atoms with van der Waals surface area (Å²) < 4.78 is 5.14. The largest absolute Gasteiger partial charge is 0.497 e. The zero-order chi connectivity index (χ0) is 23.6. The Morgan fingerprint density at radius 2 is 1.67 bits per heavy atom. The molecule has 0 spiro atoms. The molecule has 0 saturated carbocycles. The molecule has 1 heterocycles. The zero-order valence-electron chi connectivity index (χ0n) is 19.7. The van der Waals surface area contributed by atoms with Crippen LogP contribution in [-0.4, -0.2) is 74.5 Å². The van der Waals surface area contributed by atoms with Gasteiger partial charge in [0.05, 0.1) is 13.2 Å². The summed E-state index contributed by atoms with van der Waals surface area (Å²) in [5, 5.41) is 5.89. The van der Waals surface area contributed by atoms with Crippen LogP contribution in [-0.2, 0) is 9.59 Å². The summed E-state index contributed by atoms with van der Waals surface area (Å²) in [6.07, 6.45) is 3.14. The minimum Gasteiger partial charge on any atom is -0.497 e. The molecule has 1 aliphatic rings. The van der Waals surface area contributed by atoms with Crippen molar-refractivity contribution in [2.24, 2.45) is 0 Å². The standard InChI is InChI=1S/C26H34N4O3/c1-20(27-25(31)14-11-21-9-12-23(33-3)13-10-21)26(32)28-24(22-7-5-4-6-8-22)19-30-17-15-29(2)16-18-30/h4-14,20,24H,15-19H2,1-3H3,(H,27,31)(H,28,32)/b14-11+. The second kappa shape index (κ2) is 12.2. The molecule has 33 heavy (non-hydrogen) atoms. The number of amides is 2. The predicted octanol–water partition coefficient (Wildman–Crippen LogP) is 2.32. The Balaban J connectivity index is 1.57. The Labute approximate surface area is 196 Å². The van der Waals surface area contributed by atoms with Gasteiger partial charge in [0, 0.05) is 38.8 Å². The fourth-order valence-corrected chi connectivity index (χ4v) is 3.72. The van der Waals surface area contributed by atoms with Crippen molar-refractivity contribution in [1.82, 2.24) is 20.4 Å². The van der Waals surface area contributed by atoms with Gasteiger partial charge >= 0.3 is 0 Å². The lowest BCUT2D eigenvalue weighted by Gasteiger charge is -2.35. The van der Waals surface area contributed by atoms with Crippen molar-refractivity contribution >= 4 is 17.9 Å². The zero-order valence-corrected chi connectivity index (χ0v) is 19.7. The molecule has 0 bridgehead atoms. The number of nitrogens with zero attached hydrogens (tertiary/aromatic N) is 2. The van der Waals surface area contributed by atoms with Crippen LogP contribution in [0.4, 0.5) is 0 Å². The van der Waals surface area contributed by atoms with Crippen LogP contribution < -0.4 is 15.4 Å². The topological polar surface area (TPSA) is 73.9 Å². The van der Waals surface area contributed by atoms with E-state index < -0.39 is 6.04 Å². The Morgan fingerprint density at radius 1 is 1.00 bits per heavy atom. The fraction of sp³-hybridized carbons (Fsp3) is 0.385. The molecule has 2 unspecified atom stereocenters. The smallest absolute Gasteiger partial charge is 0.244 e. The summed E-state index contributed by atoms with van der Waals surface area (Å²) in [6, 6.07) is 16.6. The third-order valence-corrected chi connectivity index (χ3v) is 5.85. The first-order valence-corrected chi connectivity index (χ1v) is 11.3. The third kappa shape index (κ3) is 7.73. The first-order valence-electron chi connectivity index (χ1n) is 11.3. The number of methoxy groups -OCH3 is 1. The van der Waals surface area contributed by atoms with Gasteiger partial charge in [0.1, 0.15) is 11.8 Å². The molecular weight excluding hydrogens is 416 g/mol. The Bertz CT molecular complexity index is 922. The van der Waals surface area contributed by atoms with Crippen LogP contribution in [0.1, 0.15) is 24.1 Å². The summed E-state index contributed by atoms with van der Waals surface area (Å²) in [5.74, 6) is 0.236. The maximum Gasteiger partial charge on any atom is 0.244 e. The Kier molecular flexibility index (Phi) is 9.04. The molecule has 2 aromatic rings. The van der Waals surface area contributed by atoms with Crippen molar-refractivity contribution in [1.29, 1.82) is 0 Å². The molecule has 2 N–H and O–H groups in total. The van der Waals surface area contributed by atoms with Gasteiger partial charge in [-0.3, -0.25) is 14.5 Å². The minimum atomic E-state index is -0.656. The molecule has 1 aliphatic heterocycles. The van der Waals surface area contributed by atoms with Crippen LogP contribution >= 0.6 is 0 Å². The number of piperazine rings is 1. The van der Waals surface area contributed by atoms with Crippen LogP contribution in [0.5, 0.6) is 5.75 Å². The average Bonchev–Trinajstić information content (AvgIpc) is 2.84. The number of ether oxygens (including phenoxy) is 1. The molecule has 0 radical (unpaired) electrons. The van der Waals surface area contributed by atoms with Gasteiger partial charge < -0.3 is 20.3 Å². The van der Waals surface area contributed by atoms with Crippen molar-refractivity contribution in [3.63, 3.8) is 0 Å². The van der Waals surface area contributed by atoms with Crippen LogP contribution in [0.2, 0.25) is 0 Å². The monoisotopic (exact) mass is 450 g/mol. The lowest BCUT2D eigenvalue weighted by molar-refractivity contribution is -0.127. The molecule has 2 amide bonds.